The molecule has 5 heteroatoms. The fraction of sp³-hybridized carbons (Fsp3) is 0.562. The van der Waals surface area contributed by atoms with Crippen LogP contribution in [-0.2, 0) is 4.74 Å². The van der Waals surface area contributed by atoms with E-state index in [4.69, 9.17) is 10.5 Å². The Labute approximate surface area is 124 Å². The number of ether oxygens (including phenoxy) is 1. The molecule has 0 radical (unpaired) electrons. The first-order valence-electron chi connectivity index (χ1n) is 7.38. The van der Waals surface area contributed by atoms with Gasteiger partial charge in [-0.2, -0.15) is 0 Å². The Hall–Kier alpha value is -1.78. The quantitative estimate of drug-likeness (QED) is 0.658. The van der Waals surface area contributed by atoms with Gasteiger partial charge in [-0.25, -0.2) is 9.18 Å². The SMILES string of the molecule is CCOC(=O)c1cc(NC2CCCC2(C)C)c(F)cc1N. The summed E-state index contributed by atoms with van der Waals surface area (Å²) in [5, 5.41) is 3.23. The molecule has 3 N–H and O–H groups in total. The molecule has 2 rings (SSSR count). The van der Waals surface area contributed by atoms with Crippen molar-refractivity contribution in [3.05, 3.63) is 23.5 Å². The van der Waals surface area contributed by atoms with Crippen LogP contribution >= 0.6 is 0 Å². The van der Waals surface area contributed by atoms with Gasteiger partial charge >= 0.3 is 5.97 Å². The number of hydrogen-bond donors (Lipinski definition) is 2. The lowest BCUT2D eigenvalue weighted by atomic mass is 9.87. The summed E-state index contributed by atoms with van der Waals surface area (Å²) >= 11 is 0. The molecule has 0 spiro atoms. The number of halogens is 1. The van der Waals surface area contributed by atoms with Gasteiger partial charge in [0.1, 0.15) is 5.82 Å². The molecule has 1 aliphatic rings. The first-order chi connectivity index (χ1) is 9.85. The molecule has 116 valence electrons. The molecule has 1 aromatic carbocycles. The van der Waals surface area contributed by atoms with Crippen LogP contribution in [0.4, 0.5) is 15.8 Å². The molecule has 0 saturated heterocycles. The topological polar surface area (TPSA) is 64.3 Å². The van der Waals surface area contributed by atoms with Crippen LogP contribution in [0, 0.1) is 11.2 Å². The van der Waals surface area contributed by atoms with Crippen LogP contribution < -0.4 is 11.1 Å². The van der Waals surface area contributed by atoms with Gasteiger partial charge in [0.05, 0.1) is 17.9 Å². The first kappa shape index (κ1) is 15.6. The summed E-state index contributed by atoms with van der Waals surface area (Å²) < 4.78 is 19.0. The molecular weight excluding hydrogens is 271 g/mol. The van der Waals surface area contributed by atoms with Crippen molar-refractivity contribution in [2.45, 2.75) is 46.1 Å². The van der Waals surface area contributed by atoms with Crippen molar-refractivity contribution >= 4 is 17.3 Å². The molecule has 0 aliphatic heterocycles. The molecule has 1 aliphatic carbocycles. The lowest BCUT2D eigenvalue weighted by Gasteiger charge is -2.29. The minimum atomic E-state index is -0.524. The standard InChI is InChI=1S/C16H23FN2O2/c1-4-21-15(20)10-8-13(11(17)9-12(10)18)19-14-6-5-7-16(14,2)3/h8-9,14,19H,4-7,18H2,1-3H3. The Bertz CT molecular complexity index is 543. The maximum atomic E-state index is 14.1. The highest BCUT2D eigenvalue weighted by Gasteiger charge is 2.34. The summed E-state index contributed by atoms with van der Waals surface area (Å²) in [5.74, 6) is -0.966. The van der Waals surface area contributed by atoms with Crippen molar-refractivity contribution in [2.24, 2.45) is 5.41 Å². The lowest BCUT2D eigenvalue weighted by Crippen LogP contribution is -2.31. The van der Waals surface area contributed by atoms with Gasteiger partial charge in [-0.05, 0) is 37.3 Å². The second-order valence-corrected chi connectivity index (χ2v) is 6.22. The maximum Gasteiger partial charge on any atom is 0.340 e. The highest BCUT2D eigenvalue weighted by molar-refractivity contribution is 5.96. The minimum absolute atomic E-state index is 0.0992. The average Bonchev–Trinajstić information content (AvgIpc) is 2.72. The third-order valence-corrected chi connectivity index (χ3v) is 4.22. The molecule has 0 amide bonds. The Morgan fingerprint density at radius 3 is 2.81 bits per heavy atom. The maximum absolute atomic E-state index is 14.1. The van der Waals surface area contributed by atoms with E-state index >= 15 is 0 Å². The molecule has 1 fully saturated rings. The summed E-state index contributed by atoms with van der Waals surface area (Å²) in [7, 11) is 0. The van der Waals surface area contributed by atoms with Crippen molar-refractivity contribution in [2.75, 3.05) is 17.7 Å². The third kappa shape index (κ3) is 3.28. The van der Waals surface area contributed by atoms with E-state index in [-0.39, 0.29) is 29.3 Å². The molecule has 4 nitrogen and oxygen atoms in total. The van der Waals surface area contributed by atoms with E-state index in [0.29, 0.717) is 5.69 Å². The second-order valence-electron chi connectivity index (χ2n) is 6.22. The van der Waals surface area contributed by atoms with Crippen LogP contribution in [0.1, 0.15) is 50.4 Å². The predicted octanol–water partition coefficient (Wildman–Crippen LogP) is 3.58. The minimum Gasteiger partial charge on any atom is -0.462 e. The van der Waals surface area contributed by atoms with E-state index in [1.165, 1.54) is 12.1 Å². The predicted molar refractivity (Wildman–Crippen MR) is 81.8 cm³/mol. The number of benzene rings is 1. The normalized spacial score (nSPS) is 20.3. The number of carbonyl (C=O) groups excluding carboxylic acids is 1. The molecule has 1 atom stereocenters. The van der Waals surface area contributed by atoms with Crippen LogP contribution in [0.5, 0.6) is 0 Å². The van der Waals surface area contributed by atoms with Crippen molar-refractivity contribution in [1.29, 1.82) is 0 Å². The van der Waals surface area contributed by atoms with Gasteiger partial charge in [0.15, 0.2) is 0 Å². The van der Waals surface area contributed by atoms with Gasteiger partial charge < -0.3 is 15.8 Å². The summed E-state index contributed by atoms with van der Waals surface area (Å²) in [5.41, 5.74) is 6.44. The van der Waals surface area contributed by atoms with Crippen LogP contribution in [0.2, 0.25) is 0 Å². The Morgan fingerprint density at radius 1 is 1.52 bits per heavy atom. The van der Waals surface area contributed by atoms with E-state index in [2.05, 4.69) is 19.2 Å². The van der Waals surface area contributed by atoms with Crippen LogP contribution in [0.15, 0.2) is 12.1 Å². The molecule has 0 heterocycles. The average molecular weight is 294 g/mol. The Morgan fingerprint density at radius 2 is 2.24 bits per heavy atom. The zero-order chi connectivity index (χ0) is 15.6. The number of esters is 1. The smallest absolute Gasteiger partial charge is 0.340 e. The van der Waals surface area contributed by atoms with Crippen molar-refractivity contribution in [3.8, 4) is 0 Å². The zero-order valence-electron chi connectivity index (χ0n) is 12.8. The van der Waals surface area contributed by atoms with Crippen LogP contribution in [0.3, 0.4) is 0 Å². The molecule has 1 saturated carbocycles. The Kier molecular flexibility index (Phi) is 4.40. The largest absolute Gasteiger partial charge is 0.462 e. The number of rotatable bonds is 4. The molecule has 0 aromatic heterocycles. The van der Waals surface area contributed by atoms with Gasteiger partial charge in [0, 0.05) is 11.7 Å². The number of anilines is 2. The summed E-state index contributed by atoms with van der Waals surface area (Å²) in [6.45, 7) is 6.31. The van der Waals surface area contributed by atoms with E-state index in [0.717, 1.165) is 19.3 Å². The number of carbonyl (C=O) groups is 1. The highest BCUT2D eigenvalue weighted by Crippen LogP contribution is 2.39. The van der Waals surface area contributed by atoms with Crippen LogP contribution in [-0.4, -0.2) is 18.6 Å². The number of nitrogen functional groups attached to an aromatic ring is 1. The Balaban J connectivity index is 2.27. The van der Waals surface area contributed by atoms with E-state index in [1.54, 1.807) is 6.92 Å². The van der Waals surface area contributed by atoms with Gasteiger partial charge in [-0.1, -0.05) is 20.3 Å². The third-order valence-electron chi connectivity index (χ3n) is 4.22. The number of hydrogen-bond acceptors (Lipinski definition) is 4. The molecule has 1 unspecified atom stereocenters. The highest BCUT2D eigenvalue weighted by atomic mass is 19.1. The van der Waals surface area contributed by atoms with Crippen molar-refractivity contribution in [3.63, 3.8) is 0 Å². The molecular formula is C16H23FN2O2. The van der Waals surface area contributed by atoms with Crippen molar-refractivity contribution in [1.82, 2.24) is 0 Å². The van der Waals surface area contributed by atoms with Gasteiger partial charge in [0.25, 0.3) is 0 Å². The summed E-state index contributed by atoms with van der Waals surface area (Å²) in [4.78, 5) is 11.8. The fourth-order valence-electron chi connectivity index (χ4n) is 2.87. The first-order valence-corrected chi connectivity index (χ1v) is 7.38. The van der Waals surface area contributed by atoms with E-state index in [9.17, 15) is 9.18 Å². The fourth-order valence-corrected chi connectivity index (χ4v) is 2.87. The summed E-state index contributed by atoms with van der Waals surface area (Å²) in [6, 6.07) is 2.82. The second kappa shape index (κ2) is 5.92. The van der Waals surface area contributed by atoms with E-state index in [1.807, 2.05) is 0 Å². The zero-order valence-corrected chi connectivity index (χ0v) is 12.8. The number of nitrogens with one attached hydrogen (secondary N) is 1. The number of nitrogens with two attached hydrogens (primary N) is 1. The molecule has 21 heavy (non-hydrogen) atoms. The monoisotopic (exact) mass is 294 g/mol. The van der Waals surface area contributed by atoms with Gasteiger partial charge in [-0.3, -0.25) is 0 Å². The van der Waals surface area contributed by atoms with Crippen molar-refractivity contribution < 1.29 is 13.9 Å². The molecule has 1 aromatic rings. The van der Waals surface area contributed by atoms with Gasteiger partial charge in [0.2, 0.25) is 0 Å². The van der Waals surface area contributed by atoms with E-state index < -0.39 is 11.8 Å². The summed E-state index contributed by atoms with van der Waals surface area (Å²) in [6.07, 6.45) is 3.21. The van der Waals surface area contributed by atoms with Crippen LogP contribution in [0.25, 0.3) is 0 Å². The lowest BCUT2D eigenvalue weighted by molar-refractivity contribution is 0.0527. The van der Waals surface area contributed by atoms with Gasteiger partial charge in [-0.15, -0.1) is 0 Å². The molecule has 0 bridgehead atoms.